The van der Waals surface area contributed by atoms with E-state index >= 15 is 0 Å². The number of hydrogen-bond acceptors (Lipinski definition) is 6. The maximum Gasteiger partial charge on any atom is 0.308 e. The van der Waals surface area contributed by atoms with Crippen molar-refractivity contribution in [2.24, 2.45) is 7.05 Å². The zero-order chi connectivity index (χ0) is 21.3. The smallest absolute Gasteiger partial charge is 0.308 e. The molecule has 0 fully saturated rings. The standard InChI is InChI=1S/C21H21N5O2S2/c1-13-7-6-8-15(14(13)2)22-19(27)12-29-20-24-23-18(25(20)3)11-26-16-9-4-5-10-17(16)30-21(26)28/h4-10H,11-12H2,1-3H3,(H,22,27). The van der Waals surface area contributed by atoms with Crippen LogP contribution in [0.25, 0.3) is 10.2 Å². The van der Waals surface area contributed by atoms with Gasteiger partial charge in [0.25, 0.3) is 0 Å². The van der Waals surface area contributed by atoms with Gasteiger partial charge in [0.05, 0.1) is 22.5 Å². The van der Waals surface area contributed by atoms with Gasteiger partial charge in [-0.05, 0) is 43.2 Å². The lowest BCUT2D eigenvalue weighted by atomic mass is 10.1. The van der Waals surface area contributed by atoms with Gasteiger partial charge in [0.2, 0.25) is 5.91 Å². The highest BCUT2D eigenvalue weighted by atomic mass is 32.2. The van der Waals surface area contributed by atoms with Gasteiger partial charge in [0.1, 0.15) is 0 Å². The van der Waals surface area contributed by atoms with Gasteiger partial charge < -0.3 is 9.88 Å². The van der Waals surface area contributed by atoms with Crippen LogP contribution in [0.15, 0.2) is 52.4 Å². The van der Waals surface area contributed by atoms with Crippen molar-refractivity contribution in [3.05, 3.63) is 69.1 Å². The number of thiazole rings is 1. The first-order valence-corrected chi connectivity index (χ1v) is 11.2. The number of benzene rings is 2. The summed E-state index contributed by atoms with van der Waals surface area (Å²) < 4.78 is 4.47. The van der Waals surface area contributed by atoms with E-state index < -0.39 is 0 Å². The second-order valence-electron chi connectivity index (χ2n) is 6.96. The van der Waals surface area contributed by atoms with Crippen LogP contribution in [0.3, 0.4) is 0 Å². The summed E-state index contributed by atoms with van der Waals surface area (Å²) in [5.41, 5.74) is 3.90. The second-order valence-corrected chi connectivity index (χ2v) is 8.90. The van der Waals surface area contributed by atoms with E-state index in [1.54, 1.807) is 4.57 Å². The van der Waals surface area contributed by atoms with Crippen molar-refractivity contribution in [1.82, 2.24) is 19.3 Å². The van der Waals surface area contributed by atoms with E-state index in [1.165, 1.54) is 23.1 Å². The van der Waals surface area contributed by atoms with Gasteiger partial charge in [-0.1, -0.05) is 47.4 Å². The van der Waals surface area contributed by atoms with E-state index in [0.29, 0.717) is 17.5 Å². The molecule has 2 heterocycles. The number of fused-ring (bicyclic) bond motifs is 1. The predicted molar refractivity (Wildman–Crippen MR) is 121 cm³/mol. The molecule has 0 radical (unpaired) electrons. The molecule has 0 saturated heterocycles. The van der Waals surface area contributed by atoms with Crippen molar-refractivity contribution in [3.8, 4) is 0 Å². The van der Waals surface area contributed by atoms with Crippen LogP contribution in [0.4, 0.5) is 5.69 Å². The first-order chi connectivity index (χ1) is 14.4. The molecule has 1 amide bonds. The lowest BCUT2D eigenvalue weighted by Gasteiger charge is -2.10. The molecule has 0 unspecified atom stereocenters. The number of nitrogens with one attached hydrogen (secondary N) is 1. The molecule has 0 atom stereocenters. The third-order valence-electron chi connectivity index (χ3n) is 5.01. The Labute approximate surface area is 181 Å². The first-order valence-electron chi connectivity index (χ1n) is 9.39. The highest BCUT2D eigenvalue weighted by Crippen LogP contribution is 2.21. The molecule has 0 bridgehead atoms. The van der Waals surface area contributed by atoms with Crippen LogP contribution in [0.2, 0.25) is 0 Å². The normalized spacial score (nSPS) is 11.2. The third-order valence-corrected chi connectivity index (χ3v) is 6.99. The molecule has 0 aliphatic heterocycles. The lowest BCUT2D eigenvalue weighted by Crippen LogP contribution is -2.17. The number of aryl methyl sites for hydroxylation is 1. The van der Waals surface area contributed by atoms with Crippen molar-refractivity contribution < 1.29 is 4.79 Å². The topological polar surface area (TPSA) is 81.8 Å². The van der Waals surface area contributed by atoms with E-state index in [2.05, 4.69) is 15.5 Å². The second kappa shape index (κ2) is 8.45. The van der Waals surface area contributed by atoms with Gasteiger partial charge in [0.15, 0.2) is 11.0 Å². The summed E-state index contributed by atoms with van der Waals surface area (Å²) in [6.07, 6.45) is 0. The molecule has 2 aromatic carbocycles. The number of thioether (sulfide) groups is 1. The molecule has 4 rings (SSSR count). The number of carbonyl (C=O) groups is 1. The lowest BCUT2D eigenvalue weighted by molar-refractivity contribution is -0.113. The Kier molecular flexibility index (Phi) is 5.74. The van der Waals surface area contributed by atoms with Crippen molar-refractivity contribution in [2.75, 3.05) is 11.1 Å². The Morgan fingerprint density at radius 1 is 1.13 bits per heavy atom. The minimum atomic E-state index is -0.0988. The third kappa shape index (κ3) is 4.03. The van der Waals surface area contributed by atoms with Crippen LogP contribution in [0.1, 0.15) is 17.0 Å². The zero-order valence-electron chi connectivity index (χ0n) is 16.9. The molecule has 0 spiro atoms. The minimum absolute atomic E-state index is 0.0266. The molecule has 2 aromatic heterocycles. The molecule has 9 heteroatoms. The summed E-state index contributed by atoms with van der Waals surface area (Å²) in [7, 11) is 1.85. The highest BCUT2D eigenvalue weighted by molar-refractivity contribution is 7.99. The largest absolute Gasteiger partial charge is 0.325 e. The summed E-state index contributed by atoms with van der Waals surface area (Å²) in [6, 6.07) is 13.5. The Morgan fingerprint density at radius 2 is 1.93 bits per heavy atom. The fourth-order valence-corrected chi connectivity index (χ4v) is 4.74. The van der Waals surface area contributed by atoms with Gasteiger partial charge in [0, 0.05) is 12.7 Å². The van der Waals surface area contributed by atoms with E-state index in [0.717, 1.165) is 27.0 Å². The molecular formula is C21H21N5O2S2. The molecule has 7 nitrogen and oxygen atoms in total. The fraction of sp³-hybridized carbons (Fsp3) is 0.238. The number of para-hydroxylation sites is 1. The van der Waals surface area contributed by atoms with Gasteiger partial charge in [-0.2, -0.15) is 0 Å². The van der Waals surface area contributed by atoms with Crippen molar-refractivity contribution in [2.45, 2.75) is 25.5 Å². The Balaban J connectivity index is 1.44. The summed E-state index contributed by atoms with van der Waals surface area (Å²) in [6.45, 7) is 4.34. The van der Waals surface area contributed by atoms with E-state index in [4.69, 9.17) is 0 Å². The van der Waals surface area contributed by atoms with Gasteiger partial charge in [-0.3, -0.25) is 14.2 Å². The van der Waals surface area contributed by atoms with Crippen LogP contribution in [0.5, 0.6) is 0 Å². The average molecular weight is 440 g/mol. The summed E-state index contributed by atoms with van der Waals surface area (Å²) in [4.78, 5) is 24.7. The van der Waals surface area contributed by atoms with Crippen LogP contribution in [-0.2, 0) is 18.4 Å². The van der Waals surface area contributed by atoms with Crippen LogP contribution < -0.4 is 10.2 Å². The number of aromatic nitrogens is 4. The van der Waals surface area contributed by atoms with Gasteiger partial charge >= 0.3 is 4.87 Å². The number of nitrogens with zero attached hydrogens (tertiary/aromatic N) is 4. The highest BCUT2D eigenvalue weighted by Gasteiger charge is 2.15. The summed E-state index contributed by atoms with van der Waals surface area (Å²) in [5.74, 6) is 0.789. The SMILES string of the molecule is Cc1cccc(NC(=O)CSc2nnc(Cn3c(=O)sc4ccccc43)n2C)c1C. The van der Waals surface area contributed by atoms with Gasteiger partial charge in [-0.25, -0.2) is 0 Å². The van der Waals surface area contributed by atoms with Crippen LogP contribution >= 0.6 is 23.1 Å². The number of amides is 1. The summed E-state index contributed by atoms with van der Waals surface area (Å²) in [5, 5.41) is 12.0. The Bertz CT molecular complexity index is 1290. The molecule has 4 aromatic rings. The molecule has 0 aliphatic rings. The fourth-order valence-electron chi connectivity index (χ4n) is 3.12. The number of rotatable bonds is 6. The number of carbonyl (C=O) groups excluding carboxylic acids is 1. The van der Waals surface area contributed by atoms with Crippen molar-refractivity contribution >= 4 is 44.9 Å². The molecular weight excluding hydrogens is 418 g/mol. The predicted octanol–water partition coefficient (Wildman–Crippen LogP) is 3.59. The maximum absolute atomic E-state index is 12.4. The van der Waals surface area contributed by atoms with E-state index in [-0.39, 0.29) is 16.5 Å². The number of anilines is 1. The van der Waals surface area contributed by atoms with E-state index in [9.17, 15) is 9.59 Å². The molecule has 154 valence electrons. The zero-order valence-corrected chi connectivity index (χ0v) is 18.5. The van der Waals surface area contributed by atoms with E-state index in [1.807, 2.05) is 67.9 Å². The average Bonchev–Trinajstić information content (AvgIpc) is 3.24. The van der Waals surface area contributed by atoms with Crippen LogP contribution in [0, 0.1) is 13.8 Å². The number of hydrogen-bond donors (Lipinski definition) is 1. The molecule has 1 N–H and O–H groups in total. The molecule has 0 saturated carbocycles. The van der Waals surface area contributed by atoms with Crippen molar-refractivity contribution in [3.63, 3.8) is 0 Å². The van der Waals surface area contributed by atoms with Crippen LogP contribution in [-0.4, -0.2) is 31.0 Å². The Morgan fingerprint density at radius 3 is 2.77 bits per heavy atom. The summed E-state index contributed by atoms with van der Waals surface area (Å²) >= 11 is 2.54. The quantitative estimate of drug-likeness (QED) is 0.464. The van der Waals surface area contributed by atoms with Gasteiger partial charge in [-0.15, -0.1) is 10.2 Å². The first kappa shape index (κ1) is 20.4. The minimum Gasteiger partial charge on any atom is -0.325 e. The maximum atomic E-state index is 12.4. The Hall–Kier alpha value is -2.91. The monoisotopic (exact) mass is 439 g/mol. The van der Waals surface area contributed by atoms with Crippen molar-refractivity contribution in [1.29, 1.82) is 0 Å². The molecule has 30 heavy (non-hydrogen) atoms. The molecule has 0 aliphatic carbocycles.